The Hall–Kier alpha value is -2.69. The van der Waals surface area contributed by atoms with Gasteiger partial charge in [-0.05, 0) is 75.7 Å². The maximum Gasteiger partial charge on any atom is 0.268 e. The fourth-order valence-electron chi connectivity index (χ4n) is 4.93. The lowest BCUT2D eigenvalue weighted by Crippen LogP contribution is -2.56. The maximum absolute atomic E-state index is 15.2. The third-order valence-electron chi connectivity index (χ3n) is 7.09. The number of nitrogens with zero attached hydrogens (tertiary/aromatic N) is 4. The summed E-state index contributed by atoms with van der Waals surface area (Å²) in [6.07, 6.45) is 6.38. The first-order chi connectivity index (χ1) is 17.5. The molecule has 1 N–H and O–H groups in total. The van der Waals surface area contributed by atoms with Crippen LogP contribution in [0.15, 0.2) is 58.2 Å². The number of piperidine rings is 1. The van der Waals surface area contributed by atoms with Crippen LogP contribution >= 0.6 is 11.6 Å². The Kier molecular flexibility index (Phi) is 8.11. The third-order valence-corrected chi connectivity index (χ3v) is 8.73. The van der Waals surface area contributed by atoms with E-state index in [4.69, 9.17) is 11.6 Å². The molecule has 2 aliphatic rings. The number of hydrogen-bond donors (Lipinski definition) is 1. The van der Waals surface area contributed by atoms with Crippen LogP contribution < -0.4 is 9.62 Å². The number of aliphatic imine (C=N–C) groups is 1. The minimum Gasteiger partial charge on any atom is -0.370 e. The van der Waals surface area contributed by atoms with Gasteiger partial charge in [0.15, 0.2) is 4.90 Å². The molecule has 0 amide bonds. The minimum absolute atomic E-state index is 0.0208. The van der Waals surface area contributed by atoms with E-state index in [9.17, 15) is 8.42 Å². The average molecular weight is 552 g/mol. The van der Waals surface area contributed by atoms with Crippen LogP contribution in [0.1, 0.15) is 24.8 Å². The highest BCUT2D eigenvalue weighted by Crippen LogP contribution is 2.35. The Bertz CT molecular complexity index is 1290. The summed E-state index contributed by atoms with van der Waals surface area (Å²) in [6.45, 7) is 1.59. The monoisotopic (exact) mass is 551 g/mol. The fraction of sp³-hybridized carbons (Fsp3) is 0.423. The maximum atomic E-state index is 15.2. The molecule has 0 aliphatic carbocycles. The molecule has 1 fully saturated rings. The highest BCUT2D eigenvalue weighted by molar-refractivity contribution is 7.89. The van der Waals surface area contributed by atoms with E-state index in [1.807, 2.05) is 43.3 Å². The molecule has 0 aromatic heterocycles. The Morgan fingerprint density at radius 1 is 1.19 bits per heavy atom. The molecule has 11 heteroatoms. The quantitative estimate of drug-likeness (QED) is 0.531. The Balaban J connectivity index is 1.55. The number of nitrogens with one attached hydrogen (secondary N) is 1. The summed E-state index contributed by atoms with van der Waals surface area (Å²) in [7, 11) is 1.30. The topological polar surface area (TPSA) is 68.2 Å². The largest absolute Gasteiger partial charge is 0.370 e. The molecule has 2 aromatic carbocycles. The van der Waals surface area contributed by atoms with Crippen molar-refractivity contribution in [3.8, 4) is 0 Å². The van der Waals surface area contributed by atoms with Crippen LogP contribution in [-0.4, -0.2) is 70.9 Å². The number of hydrogen-bond acceptors (Lipinski definition) is 6. The minimum atomic E-state index is -4.50. The summed E-state index contributed by atoms with van der Waals surface area (Å²) in [5.74, 6) is -2.26. The van der Waals surface area contributed by atoms with Crippen molar-refractivity contribution >= 4 is 33.7 Å². The lowest BCUT2D eigenvalue weighted by atomic mass is 9.82. The van der Waals surface area contributed by atoms with Gasteiger partial charge in [0.1, 0.15) is 17.5 Å². The summed E-state index contributed by atoms with van der Waals surface area (Å²) in [4.78, 5) is 8.78. The van der Waals surface area contributed by atoms with Crippen LogP contribution in [0.5, 0.6) is 0 Å². The summed E-state index contributed by atoms with van der Waals surface area (Å²) in [6, 6.07) is 9.98. The van der Waals surface area contributed by atoms with Crippen molar-refractivity contribution in [3.05, 3.63) is 70.5 Å². The number of rotatable bonds is 8. The molecular formula is C26H32ClF2N5O2S. The first-order valence-electron chi connectivity index (χ1n) is 12.1. The molecular weight excluding hydrogens is 520 g/mol. The van der Waals surface area contributed by atoms with Crippen LogP contribution in [0.4, 0.5) is 14.5 Å². The van der Waals surface area contributed by atoms with Crippen molar-refractivity contribution in [1.82, 2.24) is 14.5 Å². The van der Waals surface area contributed by atoms with Gasteiger partial charge in [0, 0.05) is 42.9 Å². The van der Waals surface area contributed by atoms with Gasteiger partial charge in [-0.15, -0.1) is 0 Å². The van der Waals surface area contributed by atoms with Crippen LogP contribution in [0, 0.1) is 11.6 Å². The highest BCUT2D eigenvalue weighted by atomic mass is 35.5. The second-order valence-corrected chi connectivity index (χ2v) is 11.9. The second-order valence-electron chi connectivity index (χ2n) is 9.89. The standard InChI is InChI=1S/C26H32ClF2N5O2S/c1-32(2)26(11-8-19-6-4-7-20(27)14-19)10-5-12-34(17-26)21-15-22(28)25(23(29)16-21)37(35,36)31-24-9-13-33(3)18-30-24/h4,6-7,9,14-16,18,31H,5,8,10-13,17H2,1-3H3/t26-/m1/s1. The van der Waals surface area contributed by atoms with Gasteiger partial charge < -0.3 is 14.7 Å². The first-order valence-corrected chi connectivity index (χ1v) is 14.0. The van der Waals surface area contributed by atoms with Crippen molar-refractivity contribution < 1.29 is 17.2 Å². The molecule has 4 rings (SSSR count). The van der Waals surface area contributed by atoms with E-state index in [-0.39, 0.29) is 11.4 Å². The Labute approximate surface area is 222 Å². The van der Waals surface area contributed by atoms with Crippen LogP contribution in [0.3, 0.4) is 0 Å². The normalized spacial score (nSPS) is 20.4. The summed E-state index contributed by atoms with van der Waals surface area (Å²) < 4.78 is 58.1. The number of halogens is 3. The van der Waals surface area contributed by atoms with E-state index in [0.717, 1.165) is 43.4 Å². The predicted octanol–water partition coefficient (Wildman–Crippen LogP) is 4.25. The van der Waals surface area contributed by atoms with Gasteiger partial charge in [-0.25, -0.2) is 22.2 Å². The van der Waals surface area contributed by atoms with Crippen molar-refractivity contribution in [3.63, 3.8) is 0 Å². The zero-order valence-corrected chi connectivity index (χ0v) is 22.8. The summed E-state index contributed by atoms with van der Waals surface area (Å²) in [5.41, 5.74) is 1.23. The molecule has 1 saturated heterocycles. The van der Waals surface area contributed by atoms with Crippen LogP contribution in [0.25, 0.3) is 0 Å². The molecule has 2 aliphatic heterocycles. The van der Waals surface area contributed by atoms with E-state index in [1.165, 1.54) is 12.4 Å². The van der Waals surface area contributed by atoms with Gasteiger partial charge in [0.05, 0.1) is 6.34 Å². The molecule has 0 saturated carbocycles. The molecule has 37 heavy (non-hydrogen) atoms. The highest BCUT2D eigenvalue weighted by Gasteiger charge is 2.38. The van der Waals surface area contributed by atoms with Gasteiger partial charge in [0.25, 0.3) is 10.0 Å². The molecule has 2 heterocycles. The van der Waals surface area contributed by atoms with Crippen molar-refractivity contribution in [2.75, 3.05) is 45.7 Å². The zero-order valence-electron chi connectivity index (χ0n) is 21.2. The van der Waals surface area contributed by atoms with E-state index in [2.05, 4.69) is 14.6 Å². The Morgan fingerprint density at radius 2 is 1.92 bits per heavy atom. The van der Waals surface area contributed by atoms with Gasteiger partial charge in [-0.3, -0.25) is 4.72 Å². The van der Waals surface area contributed by atoms with Gasteiger partial charge in [-0.1, -0.05) is 23.7 Å². The molecule has 200 valence electrons. The molecule has 0 unspecified atom stereocenters. The Morgan fingerprint density at radius 3 is 2.54 bits per heavy atom. The van der Waals surface area contributed by atoms with E-state index < -0.39 is 26.6 Å². The summed E-state index contributed by atoms with van der Waals surface area (Å²) in [5, 5.41) is 0.691. The van der Waals surface area contributed by atoms with Crippen molar-refractivity contribution in [2.24, 2.45) is 4.99 Å². The van der Waals surface area contributed by atoms with Gasteiger partial charge in [0.2, 0.25) is 0 Å². The number of benzene rings is 2. The number of sulfonamides is 1. The number of anilines is 1. The van der Waals surface area contributed by atoms with Crippen molar-refractivity contribution in [1.29, 1.82) is 0 Å². The van der Waals surface area contributed by atoms with E-state index >= 15 is 8.78 Å². The van der Waals surface area contributed by atoms with E-state index in [0.29, 0.717) is 30.3 Å². The predicted molar refractivity (Wildman–Crippen MR) is 144 cm³/mol. The SMILES string of the molecule is CN1C=NC(NS(=O)(=O)c2c(F)cc(N3CCC[C@](CCc4cccc(Cl)c4)(N(C)C)C3)cc2F)=CC1. The molecule has 7 nitrogen and oxygen atoms in total. The van der Waals surface area contributed by atoms with Crippen LogP contribution in [0.2, 0.25) is 5.02 Å². The summed E-state index contributed by atoms with van der Waals surface area (Å²) >= 11 is 6.15. The first kappa shape index (κ1) is 27.3. The number of aryl methyl sites for hydroxylation is 1. The lowest BCUT2D eigenvalue weighted by Gasteiger charge is -2.48. The molecule has 1 atom stereocenters. The second kappa shape index (κ2) is 11.0. The smallest absolute Gasteiger partial charge is 0.268 e. The van der Waals surface area contributed by atoms with Crippen LogP contribution in [-0.2, 0) is 16.4 Å². The van der Waals surface area contributed by atoms with Crippen molar-refractivity contribution in [2.45, 2.75) is 36.1 Å². The molecule has 0 radical (unpaired) electrons. The zero-order chi connectivity index (χ0) is 26.8. The molecule has 0 spiro atoms. The average Bonchev–Trinajstić information content (AvgIpc) is 2.83. The third kappa shape index (κ3) is 6.25. The van der Waals surface area contributed by atoms with Gasteiger partial charge >= 0.3 is 0 Å². The lowest BCUT2D eigenvalue weighted by molar-refractivity contribution is 0.116. The van der Waals surface area contributed by atoms with Gasteiger partial charge in [-0.2, -0.15) is 0 Å². The fourth-order valence-corrected chi connectivity index (χ4v) is 6.29. The molecule has 2 aromatic rings. The number of likely N-dealkylation sites (N-methyl/N-ethyl adjacent to an activating group) is 2. The van der Waals surface area contributed by atoms with E-state index in [1.54, 1.807) is 11.9 Å². The molecule has 0 bridgehead atoms.